The van der Waals surface area contributed by atoms with Gasteiger partial charge >= 0.3 is 0 Å². The van der Waals surface area contributed by atoms with Crippen LogP contribution in [0.5, 0.6) is 0 Å². The summed E-state index contributed by atoms with van der Waals surface area (Å²) in [6.45, 7) is 6.45. The van der Waals surface area contributed by atoms with E-state index in [2.05, 4.69) is 34.7 Å². The third-order valence-electron chi connectivity index (χ3n) is 5.24. The first-order valence-electron chi connectivity index (χ1n) is 9.44. The number of nitrogens with one attached hydrogen (secondary N) is 1. The molecule has 0 unspecified atom stereocenters. The maximum atomic E-state index is 12.9. The Kier molecular flexibility index (Phi) is 5.63. The van der Waals surface area contributed by atoms with Crippen molar-refractivity contribution >= 4 is 17.6 Å². The number of rotatable bonds is 5. The molecule has 0 radical (unpaired) electrons. The van der Waals surface area contributed by atoms with Crippen LogP contribution in [0.15, 0.2) is 40.9 Å². The first kappa shape index (κ1) is 19.1. The minimum Gasteiger partial charge on any atom is -0.360 e. The highest BCUT2D eigenvalue weighted by Gasteiger charge is 2.40. The summed E-state index contributed by atoms with van der Waals surface area (Å²) in [5, 5.41) is 6.43. The molecule has 144 valence electrons. The first-order valence-corrected chi connectivity index (χ1v) is 9.44. The fourth-order valence-corrected chi connectivity index (χ4v) is 3.48. The monoisotopic (exact) mass is 369 g/mol. The number of nitrogens with zero attached hydrogens (tertiary/aromatic N) is 2. The summed E-state index contributed by atoms with van der Waals surface area (Å²) in [5.41, 5.74) is 0.184. The van der Waals surface area contributed by atoms with E-state index in [1.807, 2.05) is 11.0 Å². The number of piperidine rings is 1. The van der Waals surface area contributed by atoms with Gasteiger partial charge in [0, 0.05) is 19.2 Å². The van der Waals surface area contributed by atoms with Crippen molar-refractivity contribution < 1.29 is 14.1 Å². The zero-order chi connectivity index (χ0) is 19.4. The van der Waals surface area contributed by atoms with Crippen molar-refractivity contribution in [3.8, 4) is 0 Å². The Balaban J connectivity index is 1.55. The molecule has 6 heteroatoms. The zero-order valence-electron chi connectivity index (χ0n) is 16.2. The third-order valence-corrected chi connectivity index (χ3v) is 5.24. The van der Waals surface area contributed by atoms with Crippen molar-refractivity contribution in [3.05, 3.63) is 47.7 Å². The van der Waals surface area contributed by atoms with Crippen molar-refractivity contribution in [2.45, 2.75) is 40.0 Å². The van der Waals surface area contributed by atoms with Crippen LogP contribution in [0, 0.1) is 18.3 Å². The Morgan fingerprint density at radius 2 is 1.89 bits per heavy atom. The topological polar surface area (TPSA) is 75.4 Å². The van der Waals surface area contributed by atoms with Gasteiger partial charge < -0.3 is 14.7 Å². The highest BCUT2D eigenvalue weighted by atomic mass is 16.5. The van der Waals surface area contributed by atoms with Gasteiger partial charge in [-0.25, -0.2) is 0 Å². The summed E-state index contributed by atoms with van der Waals surface area (Å²) in [7, 11) is 0. The van der Waals surface area contributed by atoms with E-state index >= 15 is 0 Å². The standard InChI is InChI=1S/C21H27N3O3/c1-15-13-18(23-27-15)22-19(25)21(2,3)20(26)24-11-9-17(10-12-24)14-16-7-5-4-6-8-16/h4-8,13,17H,9-12,14H2,1-3H3,(H,22,23,25). The second kappa shape index (κ2) is 7.94. The lowest BCUT2D eigenvalue weighted by molar-refractivity contribution is -0.147. The van der Waals surface area contributed by atoms with E-state index in [4.69, 9.17) is 4.52 Å². The van der Waals surface area contributed by atoms with Gasteiger partial charge in [0.05, 0.1) is 0 Å². The Morgan fingerprint density at radius 1 is 1.22 bits per heavy atom. The van der Waals surface area contributed by atoms with Gasteiger partial charge in [-0.3, -0.25) is 9.59 Å². The van der Waals surface area contributed by atoms with E-state index in [1.165, 1.54) is 5.56 Å². The molecule has 2 heterocycles. The van der Waals surface area contributed by atoms with Gasteiger partial charge in [-0.05, 0) is 51.5 Å². The normalized spacial score (nSPS) is 15.6. The summed E-state index contributed by atoms with van der Waals surface area (Å²) in [4.78, 5) is 27.4. The number of anilines is 1. The molecule has 3 rings (SSSR count). The number of aromatic nitrogens is 1. The van der Waals surface area contributed by atoms with Crippen LogP contribution in [0.4, 0.5) is 5.82 Å². The van der Waals surface area contributed by atoms with E-state index < -0.39 is 5.41 Å². The fraction of sp³-hybridized carbons (Fsp3) is 0.476. The number of aryl methyl sites for hydroxylation is 1. The largest absolute Gasteiger partial charge is 0.360 e. The number of carbonyl (C=O) groups excluding carboxylic acids is 2. The van der Waals surface area contributed by atoms with Gasteiger partial charge in [0.25, 0.3) is 0 Å². The average molecular weight is 369 g/mol. The molecule has 1 aliphatic heterocycles. The smallest absolute Gasteiger partial charge is 0.240 e. The highest BCUT2D eigenvalue weighted by Crippen LogP contribution is 2.27. The van der Waals surface area contributed by atoms with Gasteiger partial charge in [-0.1, -0.05) is 35.5 Å². The average Bonchev–Trinajstić information content (AvgIpc) is 3.07. The van der Waals surface area contributed by atoms with Gasteiger partial charge in [0.1, 0.15) is 11.2 Å². The molecule has 6 nitrogen and oxygen atoms in total. The zero-order valence-corrected chi connectivity index (χ0v) is 16.2. The molecular weight excluding hydrogens is 342 g/mol. The quantitative estimate of drug-likeness (QED) is 0.820. The van der Waals surface area contributed by atoms with Crippen LogP contribution in [0.2, 0.25) is 0 Å². The third kappa shape index (κ3) is 4.56. The van der Waals surface area contributed by atoms with Gasteiger partial charge in [-0.2, -0.15) is 0 Å². The molecule has 2 aromatic rings. The Hall–Kier alpha value is -2.63. The molecule has 0 saturated carbocycles. The number of hydrogen-bond acceptors (Lipinski definition) is 4. The number of amides is 2. The van der Waals surface area contributed by atoms with Crippen molar-refractivity contribution in [1.29, 1.82) is 0 Å². The summed E-state index contributed by atoms with van der Waals surface area (Å²) >= 11 is 0. The molecule has 1 N–H and O–H groups in total. The molecule has 2 amide bonds. The Labute approximate surface area is 159 Å². The Bertz CT molecular complexity index is 790. The number of hydrogen-bond donors (Lipinski definition) is 1. The highest BCUT2D eigenvalue weighted by molar-refractivity contribution is 6.09. The van der Waals surface area contributed by atoms with Crippen LogP contribution in [-0.4, -0.2) is 35.0 Å². The van der Waals surface area contributed by atoms with Crippen LogP contribution < -0.4 is 5.32 Å². The second-order valence-electron chi connectivity index (χ2n) is 7.83. The first-order chi connectivity index (χ1) is 12.9. The van der Waals surface area contributed by atoms with E-state index in [0.29, 0.717) is 30.6 Å². The Morgan fingerprint density at radius 3 is 2.48 bits per heavy atom. The van der Waals surface area contributed by atoms with Crippen LogP contribution >= 0.6 is 0 Å². The van der Waals surface area contributed by atoms with Crippen LogP contribution in [0.1, 0.15) is 38.0 Å². The minimum atomic E-state index is -1.15. The predicted molar refractivity (Wildman–Crippen MR) is 103 cm³/mol. The molecule has 0 bridgehead atoms. The van der Waals surface area contributed by atoms with Gasteiger partial charge in [-0.15, -0.1) is 0 Å². The molecule has 27 heavy (non-hydrogen) atoms. The summed E-state index contributed by atoms with van der Waals surface area (Å²) in [5.74, 6) is 1.01. The van der Waals surface area contributed by atoms with E-state index in [1.54, 1.807) is 26.8 Å². The summed E-state index contributed by atoms with van der Waals surface area (Å²) < 4.78 is 4.96. The lowest BCUT2D eigenvalue weighted by atomic mass is 9.86. The van der Waals surface area contributed by atoms with E-state index in [-0.39, 0.29) is 11.8 Å². The molecule has 0 spiro atoms. The maximum absolute atomic E-state index is 12.9. The van der Waals surface area contributed by atoms with Crippen LogP contribution in [0.3, 0.4) is 0 Å². The summed E-state index contributed by atoms with van der Waals surface area (Å²) in [6.07, 6.45) is 2.96. The molecular formula is C21H27N3O3. The van der Waals surface area contributed by atoms with Gasteiger partial charge in [0.2, 0.25) is 11.8 Å². The molecule has 1 aliphatic rings. The van der Waals surface area contributed by atoms with Crippen LogP contribution in [-0.2, 0) is 16.0 Å². The molecule has 1 aromatic heterocycles. The molecule has 0 aliphatic carbocycles. The number of benzene rings is 1. The van der Waals surface area contributed by atoms with Gasteiger partial charge in [0.15, 0.2) is 5.82 Å². The van der Waals surface area contributed by atoms with E-state index in [9.17, 15) is 9.59 Å². The number of likely N-dealkylation sites (tertiary alicyclic amines) is 1. The SMILES string of the molecule is Cc1cc(NC(=O)C(C)(C)C(=O)N2CCC(Cc3ccccc3)CC2)no1. The molecule has 0 atom stereocenters. The van der Waals surface area contributed by atoms with E-state index in [0.717, 1.165) is 19.3 Å². The molecule has 1 saturated heterocycles. The second-order valence-corrected chi connectivity index (χ2v) is 7.83. The summed E-state index contributed by atoms with van der Waals surface area (Å²) in [6, 6.07) is 12.1. The van der Waals surface area contributed by atoms with Crippen molar-refractivity contribution in [2.75, 3.05) is 18.4 Å². The van der Waals surface area contributed by atoms with Crippen LogP contribution in [0.25, 0.3) is 0 Å². The predicted octanol–water partition coefficient (Wildman–Crippen LogP) is 3.43. The fourth-order valence-electron chi connectivity index (χ4n) is 3.48. The number of carbonyl (C=O) groups is 2. The lowest BCUT2D eigenvalue weighted by Gasteiger charge is -2.36. The van der Waals surface area contributed by atoms with Crippen molar-refractivity contribution in [2.24, 2.45) is 11.3 Å². The van der Waals surface area contributed by atoms with Crippen molar-refractivity contribution in [1.82, 2.24) is 10.1 Å². The lowest BCUT2D eigenvalue weighted by Crippen LogP contribution is -2.50. The molecule has 1 aromatic carbocycles. The minimum absolute atomic E-state index is 0.140. The maximum Gasteiger partial charge on any atom is 0.240 e. The molecule has 1 fully saturated rings. The van der Waals surface area contributed by atoms with Crippen molar-refractivity contribution in [3.63, 3.8) is 0 Å².